The number of rotatable bonds is 2. The molecule has 1 N–H and O–H groups in total. The normalized spacial score (nSPS) is 22.9. The van der Waals surface area contributed by atoms with E-state index in [2.05, 4.69) is 18.0 Å². The standard InChI is InChI=1S/C13H19NO/c1-14-7-3-5-12(10-14)8-11-4-2-6-13(15)9-11/h2,4,6,9,12,15H,3,5,7-8,10H2,1H3. The Bertz CT molecular complexity index is 324. The summed E-state index contributed by atoms with van der Waals surface area (Å²) in [5, 5.41) is 9.38. The van der Waals surface area contributed by atoms with E-state index in [-0.39, 0.29) is 0 Å². The number of phenolic OH excluding ortho intramolecular Hbond substituents is 1. The maximum atomic E-state index is 9.38. The summed E-state index contributed by atoms with van der Waals surface area (Å²) in [6, 6.07) is 7.65. The fraction of sp³-hybridized carbons (Fsp3) is 0.538. The Morgan fingerprint density at radius 2 is 2.33 bits per heavy atom. The Kier molecular flexibility index (Phi) is 3.27. The highest BCUT2D eigenvalue weighted by atomic mass is 16.3. The summed E-state index contributed by atoms with van der Waals surface area (Å²) in [6.07, 6.45) is 3.72. The molecule has 15 heavy (non-hydrogen) atoms. The van der Waals surface area contributed by atoms with Crippen molar-refractivity contribution in [1.82, 2.24) is 4.90 Å². The minimum atomic E-state index is 0.386. The molecule has 1 atom stereocenters. The maximum absolute atomic E-state index is 9.38. The van der Waals surface area contributed by atoms with Crippen molar-refractivity contribution < 1.29 is 5.11 Å². The van der Waals surface area contributed by atoms with Gasteiger partial charge >= 0.3 is 0 Å². The molecule has 0 amide bonds. The number of phenols is 1. The monoisotopic (exact) mass is 205 g/mol. The molecule has 0 radical (unpaired) electrons. The van der Waals surface area contributed by atoms with Crippen molar-refractivity contribution in [2.45, 2.75) is 19.3 Å². The van der Waals surface area contributed by atoms with Crippen molar-refractivity contribution in [1.29, 1.82) is 0 Å². The number of likely N-dealkylation sites (tertiary alicyclic amines) is 1. The smallest absolute Gasteiger partial charge is 0.115 e. The maximum Gasteiger partial charge on any atom is 0.115 e. The molecule has 1 aliphatic heterocycles. The Labute approximate surface area is 91.5 Å². The lowest BCUT2D eigenvalue weighted by molar-refractivity contribution is 0.209. The second kappa shape index (κ2) is 4.67. The van der Waals surface area contributed by atoms with E-state index in [9.17, 15) is 5.11 Å². The average Bonchev–Trinajstić information content (AvgIpc) is 2.17. The van der Waals surface area contributed by atoms with Gasteiger partial charge in [-0.15, -0.1) is 0 Å². The van der Waals surface area contributed by atoms with Crippen LogP contribution in [0.5, 0.6) is 5.75 Å². The lowest BCUT2D eigenvalue weighted by Crippen LogP contribution is -2.32. The highest BCUT2D eigenvalue weighted by Gasteiger charge is 2.17. The lowest BCUT2D eigenvalue weighted by Gasteiger charge is -2.29. The van der Waals surface area contributed by atoms with Gasteiger partial charge < -0.3 is 10.0 Å². The van der Waals surface area contributed by atoms with Gasteiger partial charge in [0.05, 0.1) is 0 Å². The van der Waals surface area contributed by atoms with Crippen molar-refractivity contribution in [3.05, 3.63) is 29.8 Å². The van der Waals surface area contributed by atoms with E-state index in [0.717, 1.165) is 12.3 Å². The summed E-state index contributed by atoms with van der Waals surface area (Å²) in [4.78, 5) is 2.40. The van der Waals surface area contributed by atoms with Crippen molar-refractivity contribution in [3.8, 4) is 5.75 Å². The first kappa shape index (κ1) is 10.5. The van der Waals surface area contributed by atoms with E-state index < -0.39 is 0 Å². The third kappa shape index (κ3) is 2.96. The van der Waals surface area contributed by atoms with Gasteiger partial charge in [0.2, 0.25) is 0 Å². The van der Waals surface area contributed by atoms with E-state index in [4.69, 9.17) is 0 Å². The minimum Gasteiger partial charge on any atom is -0.508 e. The number of benzene rings is 1. The van der Waals surface area contributed by atoms with Crippen molar-refractivity contribution in [3.63, 3.8) is 0 Å². The third-order valence-corrected chi connectivity index (χ3v) is 3.16. The Hall–Kier alpha value is -1.02. The van der Waals surface area contributed by atoms with Crippen LogP contribution < -0.4 is 0 Å². The van der Waals surface area contributed by atoms with Gasteiger partial charge in [0.25, 0.3) is 0 Å². The summed E-state index contributed by atoms with van der Waals surface area (Å²) in [5.41, 5.74) is 1.26. The topological polar surface area (TPSA) is 23.5 Å². The van der Waals surface area contributed by atoms with E-state index in [1.807, 2.05) is 12.1 Å². The number of piperidine rings is 1. The highest BCUT2D eigenvalue weighted by Crippen LogP contribution is 2.21. The summed E-state index contributed by atoms with van der Waals surface area (Å²) < 4.78 is 0. The Balaban J connectivity index is 1.96. The summed E-state index contributed by atoms with van der Waals surface area (Å²) >= 11 is 0. The highest BCUT2D eigenvalue weighted by molar-refractivity contribution is 5.27. The van der Waals surface area contributed by atoms with E-state index >= 15 is 0 Å². The van der Waals surface area contributed by atoms with Crippen molar-refractivity contribution in [2.75, 3.05) is 20.1 Å². The molecule has 0 aliphatic carbocycles. The lowest BCUT2D eigenvalue weighted by atomic mass is 9.91. The van der Waals surface area contributed by atoms with Crippen LogP contribution in [0.4, 0.5) is 0 Å². The molecule has 0 bridgehead atoms. The molecule has 0 saturated carbocycles. The van der Waals surface area contributed by atoms with Crippen molar-refractivity contribution >= 4 is 0 Å². The molecule has 0 spiro atoms. The molecular weight excluding hydrogens is 186 g/mol. The molecular formula is C13H19NO. The summed E-state index contributed by atoms with van der Waals surface area (Å²) in [5.74, 6) is 1.14. The van der Waals surface area contributed by atoms with Gasteiger partial charge in [-0.05, 0) is 56.5 Å². The SMILES string of the molecule is CN1CCCC(Cc2cccc(O)c2)C1. The van der Waals surface area contributed by atoms with E-state index in [1.54, 1.807) is 6.07 Å². The number of nitrogens with zero attached hydrogens (tertiary/aromatic N) is 1. The first-order chi connectivity index (χ1) is 7.24. The second-order valence-corrected chi connectivity index (χ2v) is 4.64. The van der Waals surface area contributed by atoms with Gasteiger partial charge in [0.1, 0.15) is 5.75 Å². The zero-order valence-corrected chi connectivity index (χ0v) is 9.32. The van der Waals surface area contributed by atoms with Crippen molar-refractivity contribution in [2.24, 2.45) is 5.92 Å². The second-order valence-electron chi connectivity index (χ2n) is 4.64. The zero-order valence-electron chi connectivity index (χ0n) is 9.32. The Morgan fingerprint density at radius 3 is 3.07 bits per heavy atom. The predicted molar refractivity (Wildman–Crippen MR) is 62.0 cm³/mol. The van der Waals surface area contributed by atoms with Gasteiger partial charge in [0.15, 0.2) is 0 Å². The number of aromatic hydroxyl groups is 1. The van der Waals surface area contributed by atoms with E-state index in [1.165, 1.54) is 31.5 Å². The first-order valence-electron chi connectivity index (χ1n) is 5.70. The number of hydrogen-bond donors (Lipinski definition) is 1. The molecule has 1 fully saturated rings. The van der Waals surface area contributed by atoms with E-state index in [0.29, 0.717) is 5.75 Å². The van der Waals surface area contributed by atoms with Crippen LogP contribution in [0.15, 0.2) is 24.3 Å². The van der Waals surface area contributed by atoms with Crippen LogP contribution in [-0.2, 0) is 6.42 Å². The molecule has 2 heteroatoms. The fourth-order valence-electron chi connectivity index (χ4n) is 2.46. The van der Waals surface area contributed by atoms with Crippen LogP contribution in [0.2, 0.25) is 0 Å². The van der Waals surface area contributed by atoms with Crippen LogP contribution >= 0.6 is 0 Å². The summed E-state index contributed by atoms with van der Waals surface area (Å²) in [6.45, 7) is 2.42. The largest absolute Gasteiger partial charge is 0.508 e. The minimum absolute atomic E-state index is 0.386. The van der Waals surface area contributed by atoms with Crippen LogP contribution in [-0.4, -0.2) is 30.1 Å². The number of hydrogen-bond acceptors (Lipinski definition) is 2. The quantitative estimate of drug-likeness (QED) is 0.800. The molecule has 0 aromatic heterocycles. The molecule has 2 rings (SSSR count). The van der Waals surface area contributed by atoms with Gasteiger partial charge in [-0.3, -0.25) is 0 Å². The van der Waals surface area contributed by atoms with Gasteiger partial charge in [-0.2, -0.15) is 0 Å². The van der Waals surface area contributed by atoms with Crippen LogP contribution in [0.3, 0.4) is 0 Å². The van der Waals surface area contributed by atoms with Crippen LogP contribution in [0.25, 0.3) is 0 Å². The molecule has 1 saturated heterocycles. The first-order valence-corrected chi connectivity index (χ1v) is 5.70. The molecule has 1 aromatic rings. The van der Waals surface area contributed by atoms with Gasteiger partial charge in [0, 0.05) is 6.54 Å². The predicted octanol–water partition coefficient (Wildman–Crippen LogP) is 2.28. The summed E-state index contributed by atoms with van der Waals surface area (Å²) in [7, 11) is 2.19. The van der Waals surface area contributed by atoms with Crippen LogP contribution in [0, 0.1) is 5.92 Å². The van der Waals surface area contributed by atoms with Gasteiger partial charge in [-0.25, -0.2) is 0 Å². The van der Waals surface area contributed by atoms with Gasteiger partial charge in [-0.1, -0.05) is 12.1 Å². The third-order valence-electron chi connectivity index (χ3n) is 3.16. The molecule has 1 aromatic carbocycles. The molecule has 2 nitrogen and oxygen atoms in total. The molecule has 1 aliphatic rings. The average molecular weight is 205 g/mol. The molecule has 1 heterocycles. The van der Waals surface area contributed by atoms with Crippen LogP contribution in [0.1, 0.15) is 18.4 Å². The molecule has 82 valence electrons. The molecule has 1 unspecified atom stereocenters. The fourth-order valence-corrected chi connectivity index (χ4v) is 2.46. The Morgan fingerprint density at radius 1 is 1.47 bits per heavy atom. The zero-order chi connectivity index (χ0) is 10.7.